The van der Waals surface area contributed by atoms with E-state index in [9.17, 15) is 4.79 Å². The van der Waals surface area contributed by atoms with E-state index in [-0.39, 0.29) is 5.91 Å². The third-order valence-corrected chi connectivity index (χ3v) is 2.49. The number of hydrogen-bond donors (Lipinski definition) is 2. The van der Waals surface area contributed by atoms with Crippen molar-refractivity contribution in [2.45, 2.75) is 6.04 Å². The number of amides is 1. The minimum Gasteiger partial charge on any atom is -0.324 e. The Morgan fingerprint density at radius 2 is 2.40 bits per heavy atom. The zero-order valence-electron chi connectivity index (χ0n) is 7.88. The van der Waals surface area contributed by atoms with Gasteiger partial charge < -0.3 is 5.32 Å². The number of benzene rings is 1. The summed E-state index contributed by atoms with van der Waals surface area (Å²) in [6, 6.07) is 4.90. The van der Waals surface area contributed by atoms with Crippen molar-refractivity contribution in [2.24, 2.45) is 0 Å². The Labute approximate surface area is 92.8 Å². The molecule has 76 valence electrons. The predicted molar refractivity (Wildman–Crippen MR) is 59.7 cm³/mol. The van der Waals surface area contributed by atoms with Crippen molar-refractivity contribution in [3.8, 4) is 12.3 Å². The molecule has 0 bridgehead atoms. The fraction of sp³-hybridized carbons (Fsp3) is 0.182. The summed E-state index contributed by atoms with van der Waals surface area (Å²) in [5.74, 6) is 2.34. The molecule has 1 heterocycles. The van der Waals surface area contributed by atoms with Gasteiger partial charge >= 0.3 is 0 Å². The summed E-state index contributed by atoms with van der Waals surface area (Å²) in [5.41, 5.74) is 1.64. The molecule has 0 aliphatic carbocycles. The van der Waals surface area contributed by atoms with Crippen LogP contribution in [0, 0.1) is 12.3 Å². The first-order valence-corrected chi connectivity index (χ1v) is 4.87. The van der Waals surface area contributed by atoms with Gasteiger partial charge in [-0.15, -0.1) is 6.42 Å². The number of halogens is 1. The molecule has 0 fully saturated rings. The van der Waals surface area contributed by atoms with Crippen molar-refractivity contribution in [3.63, 3.8) is 0 Å². The maximum absolute atomic E-state index is 11.6. The van der Waals surface area contributed by atoms with Crippen LogP contribution >= 0.6 is 11.6 Å². The van der Waals surface area contributed by atoms with Gasteiger partial charge in [-0.1, -0.05) is 17.5 Å². The highest BCUT2D eigenvalue weighted by Gasteiger charge is 2.29. The number of hydrogen-bond acceptors (Lipinski definition) is 2. The highest BCUT2D eigenvalue weighted by atomic mass is 35.5. The van der Waals surface area contributed by atoms with Gasteiger partial charge in [-0.05, 0) is 18.2 Å². The van der Waals surface area contributed by atoms with Crippen LogP contribution in [-0.2, 0) is 4.79 Å². The molecule has 0 spiro atoms. The van der Waals surface area contributed by atoms with Gasteiger partial charge in [0.15, 0.2) is 0 Å². The highest BCUT2D eigenvalue weighted by Crippen LogP contribution is 2.32. The molecule has 0 saturated heterocycles. The minimum atomic E-state index is -0.394. The van der Waals surface area contributed by atoms with Gasteiger partial charge in [-0.2, -0.15) is 0 Å². The van der Waals surface area contributed by atoms with Crippen LogP contribution < -0.4 is 10.6 Å². The lowest BCUT2D eigenvalue weighted by molar-refractivity contribution is -0.117. The number of anilines is 1. The van der Waals surface area contributed by atoms with E-state index in [1.165, 1.54) is 0 Å². The van der Waals surface area contributed by atoms with Crippen molar-refractivity contribution in [1.82, 2.24) is 5.32 Å². The molecule has 0 saturated carbocycles. The number of nitrogens with one attached hydrogen (secondary N) is 2. The van der Waals surface area contributed by atoms with E-state index < -0.39 is 6.04 Å². The van der Waals surface area contributed by atoms with Gasteiger partial charge in [-0.25, -0.2) is 0 Å². The van der Waals surface area contributed by atoms with Crippen molar-refractivity contribution < 1.29 is 4.79 Å². The van der Waals surface area contributed by atoms with Crippen molar-refractivity contribution in [1.29, 1.82) is 0 Å². The summed E-state index contributed by atoms with van der Waals surface area (Å²) in [5, 5.41) is 6.32. The van der Waals surface area contributed by atoms with Gasteiger partial charge in [0.05, 0.1) is 6.54 Å². The molecule has 0 aromatic heterocycles. The summed E-state index contributed by atoms with van der Waals surface area (Å²) in [4.78, 5) is 11.6. The number of carbonyl (C=O) groups is 1. The summed E-state index contributed by atoms with van der Waals surface area (Å²) in [6.45, 7) is 0.351. The highest BCUT2D eigenvalue weighted by molar-refractivity contribution is 6.31. The lowest BCUT2D eigenvalue weighted by atomic mass is 10.1. The molecular weight excluding hydrogens is 212 g/mol. The molecule has 1 unspecified atom stereocenters. The van der Waals surface area contributed by atoms with Gasteiger partial charge in [0, 0.05) is 16.3 Å². The minimum absolute atomic E-state index is 0.0949. The van der Waals surface area contributed by atoms with Crippen LogP contribution in [0.25, 0.3) is 0 Å². The molecule has 2 N–H and O–H groups in total. The van der Waals surface area contributed by atoms with Crippen LogP contribution in [0.1, 0.15) is 11.6 Å². The topological polar surface area (TPSA) is 41.1 Å². The van der Waals surface area contributed by atoms with Crippen LogP contribution in [0.4, 0.5) is 5.69 Å². The molecule has 1 aliphatic rings. The first-order valence-electron chi connectivity index (χ1n) is 4.49. The monoisotopic (exact) mass is 220 g/mol. The summed E-state index contributed by atoms with van der Waals surface area (Å²) >= 11 is 5.86. The molecule has 1 aromatic rings. The molecule has 15 heavy (non-hydrogen) atoms. The molecule has 4 heteroatoms. The van der Waals surface area contributed by atoms with E-state index >= 15 is 0 Å². The Bertz CT molecular complexity index is 450. The molecule has 1 atom stereocenters. The second-order valence-electron chi connectivity index (χ2n) is 3.24. The summed E-state index contributed by atoms with van der Waals surface area (Å²) < 4.78 is 0. The first-order chi connectivity index (χ1) is 7.22. The first kappa shape index (κ1) is 10.0. The number of terminal acetylenes is 1. The smallest absolute Gasteiger partial charge is 0.246 e. The molecule has 1 aromatic carbocycles. The van der Waals surface area contributed by atoms with Gasteiger partial charge in [-0.3, -0.25) is 10.1 Å². The molecule has 2 rings (SSSR count). The fourth-order valence-corrected chi connectivity index (χ4v) is 1.78. The Morgan fingerprint density at radius 1 is 1.60 bits per heavy atom. The van der Waals surface area contributed by atoms with Crippen molar-refractivity contribution >= 4 is 23.2 Å². The lowest BCUT2D eigenvalue weighted by Crippen LogP contribution is -2.27. The van der Waals surface area contributed by atoms with Crippen LogP contribution in [-0.4, -0.2) is 12.5 Å². The lowest BCUT2D eigenvalue weighted by Gasteiger charge is -2.08. The van der Waals surface area contributed by atoms with E-state index in [1.54, 1.807) is 18.2 Å². The van der Waals surface area contributed by atoms with Crippen LogP contribution in [0.15, 0.2) is 18.2 Å². The fourth-order valence-electron chi connectivity index (χ4n) is 1.60. The zero-order chi connectivity index (χ0) is 10.8. The summed E-state index contributed by atoms with van der Waals surface area (Å²) in [6.07, 6.45) is 5.13. The Morgan fingerprint density at radius 3 is 3.13 bits per heavy atom. The maximum Gasteiger partial charge on any atom is 0.246 e. The average Bonchev–Trinajstić information content (AvgIpc) is 2.51. The molecule has 1 amide bonds. The maximum atomic E-state index is 11.6. The van der Waals surface area contributed by atoms with Crippen molar-refractivity contribution in [2.75, 3.05) is 11.9 Å². The van der Waals surface area contributed by atoms with E-state index in [2.05, 4.69) is 16.6 Å². The van der Waals surface area contributed by atoms with Gasteiger partial charge in [0.2, 0.25) is 5.91 Å². The van der Waals surface area contributed by atoms with E-state index in [0.717, 1.165) is 11.3 Å². The third kappa shape index (κ3) is 1.82. The standard InChI is InChI=1S/C11H9ClN2O/c1-2-5-13-10-8-6-7(12)3-4-9(8)14-11(10)15/h1,3-4,6,10,13H,5H2,(H,14,15). The van der Waals surface area contributed by atoms with E-state index in [4.69, 9.17) is 18.0 Å². The normalized spacial score (nSPS) is 18.1. The quantitative estimate of drug-likeness (QED) is 0.743. The Balaban J connectivity index is 2.32. The van der Waals surface area contributed by atoms with Crippen LogP contribution in [0.3, 0.4) is 0 Å². The van der Waals surface area contributed by atoms with Gasteiger partial charge in [0.25, 0.3) is 0 Å². The van der Waals surface area contributed by atoms with Crippen molar-refractivity contribution in [3.05, 3.63) is 28.8 Å². The second kappa shape index (κ2) is 3.93. The predicted octanol–water partition coefficient (Wildman–Crippen LogP) is 1.56. The largest absolute Gasteiger partial charge is 0.324 e. The van der Waals surface area contributed by atoms with Crippen LogP contribution in [0.5, 0.6) is 0 Å². The van der Waals surface area contributed by atoms with E-state index in [0.29, 0.717) is 11.6 Å². The molecular formula is C11H9ClN2O. The van der Waals surface area contributed by atoms with Gasteiger partial charge in [0.1, 0.15) is 6.04 Å². The van der Waals surface area contributed by atoms with E-state index in [1.807, 2.05) is 0 Å². The number of carbonyl (C=O) groups excluding carboxylic acids is 1. The van der Waals surface area contributed by atoms with Crippen LogP contribution in [0.2, 0.25) is 5.02 Å². The SMILES string of the molecule is C#CCNC1C(=O)Nc2ccc(Cl)cc21. The Hall–Kier alpha value is -1.50. The average molecular weight is 221 g/mol. The number of fused-ring (bicyclic) bond motifs is 1. The molecule has 1 aliphatic heterocycles. The Kier molecular flexibility index (Phi) is 2.63. The molecule has 0 radical (unpaired) electrons. The summed E-state index contributed by atoms with van der Waals surface area (Å²) in [7, 11) is 0. The number of rotatable bonds is 2. The zero-order valence-corrected chi connectivity index (χ0v) is 8.64. The third-order valence-electron chi connectivity index (χ3n) is 2.25. The second-order valence-corrected chi connectivity index (χ2v) is 3.68. The molecule has 3 nitrogen and oxygen atoms in total.